The number of aromatic nitrogens is 11. The maximum Gasteiger partial charge on any atom is 0.351 e. The highest BCUT2D eigenvalue weighted by atomic mass is 16.5. The first-order valence-corrected chi connectivity index (χ1v) is 35.6. The van der Waals surface area contributed by atoms with Crippen molar-refractivity contribution in [1.29, 1.82) is 5.26 Å². The first-order chi connectivity index (χ1) is 48.6. The van der Waals surface area contributed by atoms with Crippen LogP contribution in [0.2, 0.25) is 0 Å². The number of nitrogens with two attached hydrogens (primary N) is 2. The van der Waals surface area contributed by atoms with Gasteiger partial charge in [-0.2, -0.15) is 45.0 Å². The molecule has 0 atom stereocenters. The first-order valence-electron chi connectivity index (χ1n) is 35.6. The van der Waals surface area contributed by atoms with Gasteiger partial charge in [0.05, 0.1) is 90.4 Å². The zero-order valence-corrected chi connectivity index (χ0v) is 60.4. The van der Waals surface area contributed by atoms with E-state index in [-0.39, 0.29) is 129 Å². The fraction of sp³-hybridized carbons (Fsp3) is 0.548. The van der Waals surface area contributed by atoms with E-state index in [1.807, 2.05) is 41.5 Å². The summed E-state index contributed by atoms with van der Waals surface area (Å²) in [6.45, 7) is 28.5. The highest BCUT2D eigenvalue weighted by molar-refractivity contribution is 5.97. The molecule has 0 amide bonds. The molecular weight excluding hydrogens is 1290 g/mol. The van der Waals surface area contributed by atoms with Gasteiger partial charge in [-0.15, -0.1) is 20.5 Å². The zero-order valence-electron chi connectivity index (χ0n) is 60.4. The third-order valence-electron chi connectivity index (χ3n) is 16.6. The lowest BCUT2D eigenvalue weighted by Gasteiger charge is -2.15. The van der Waals surface area contributed by atoms with Crippen LogP contribution in [-0.2, 0) is 29.8 Å². The van der Waals surface area contributed by atoms with Crippen LogP contribution in [0.5, 0.6) is 0 Å². The third kappa shape index (κ3) is 21.9. The van der Waals surface area contributed by atoms with E-state index in [2.05, 4.69) is 84.2 Å². The second-order valence-electron chi connectivity index (χ2n) is 27.1. The lowest BCUT2D eigenvalue weighted by Crippen LogP contribution is -2.22. The fourth-order valence-electron chi connectivity index (χ4n) is 11.0. The van der Waals surface area contributed by atoms with Gasteiger partial charge >= 0.3 is 29.6 Å². The van der Waals surface area contributed by atoms with Crippen molar-refractivity contribution in [3.63, 3.8) is 0 Å². The zero-order chi connectivity index (χ0) is 73.1. The monoisotopic (exact) mass is 1390 g/mol. The summed E-state index contributed by atoms with van der Waals surface area (Å²) in [6, 6.07) is 10.9. The molecule has 5 aromatic heterocycles. The number of benzene rings is 2. The maximum absolute atomic E-state index is 13.8. The predicted molar refractivity (Wildman–Crippen MR) is 384 cm³/mol. The summed E-state index contributed by atoms with van der Waals surface area (Å²) >= 11 is 0. The smallest absolute Gasteiger partial charge is 0.351 e. The molecule has 2 aromatic carbocycles. The Labute approximate surface area is 590 Å². The number of ether oxygens (including phenoxy) is 4. The van der Waals surface area contributed by atoms with Gasteiger partial charge in [-0.25, -0.2) is 38.2 Å². The van der Waals surface area contributed by atoms with E-state index in [1.54, 1.807) is 0 Å². The van der Waals surface area contributed by atoms with Crippen LogP contribution in [0, 0.1) is 17.9 Å². The summed E-state index contributed by atoms with van der Waals surface area (Å²) in [5.41, 5.74) is 12.4. The van der Waals surface area contributed by atoms with Gasteiger partial charge in [0.15, 0.2) is 34.6 Å². The van der Waals surface area contributed by atoms with Crippen LogP contribution in [0.4, 0.5) is 40.3 Å². The molecule has 28 nitrogen and oxygen atoms in total. The molecule has 28 heteroatoms. The fourth-order valence-corrected chi connectivity index (χ4v) is 11.0. The van der Waals surface area contributed by atoms with Gasteiger partial charge in [-0.05, 0) is 62.1 Å². The van der Waals surface area contributed by atoms with E-state index in [0.717, 1.165) is 138 Å². The number of hydrogen-bond acceptors (Lipinski definition) is 22. The molecular formula is C73H99N19O9. The van der Waals surface area contributed by atoms with Gasteiger partial charge in [0.1, 0.15) is 11.6 Å². The number of carbonyl (C=O) groups excluding carboxylic acids is 4. The third-order valence-corrected chi connectivity index (χ3v) is 16.6. The van der Waals surface area contributed by atoms with Crippen molar-refractivity contribution < 1.29 is 38.1 Å². The van der Waals surface area contributed by atoms with Crippen LogP contribution >= 0.6 is 0 Å². The SMILES string of the molecule is [C-]#[N+]c1cnn(-c2cc(C(=O)OCCCCCCCC)cc(C(=O)OCCCCCCCC)c2)c1N=Nc1c(C(C)(C)C)nn(-c2nc(-n3nc(C(C)(C)C)c(N=Nc4c(C#N)cnn4-c4cc(C(=O)OCCCCCCCC)cc(C(=O)OCCCCCCCC)c4)c3N)[nH]c(=O)n2)c1N. The number of carbonyl (C=O) groups is 4. The lowest BCUT2D eigenvalue weighted by atomic mass is 9.91. The molecule has 0 radical (unpaired) electrons. The number of esters is 4. The average molecular weight is 1390 g/mol. The Balaban J connectivity index is 1.23. The molecule has 7 rings (SSSR count). The van der Waals surface area contributed by atoms with Crippen LogP contribution in [0.1, 0.15) is 282 Å². The van der Waals surface area contributed by atoms with Crippen molar-refractivity contribution in [1.82, 2.24) is 54.1 Å². The van der Waals surface area contributed by atoms with Crippen molar-refractivity contribution in [2.24, 2.45) is 20.5 Å². The lowest BCUT2D eigenvalue weighted by molar-refractivity contribution is 0.0477. The van der Waals surface area contributed by atoms with Crippen LogP contribution in [0.3, 0.4) is 0 Å². The van der Waals surface area contributed by atoms with Crippen molar-refractivity contribution in [3.05, 3.63) is 110 Å². The minimum absolute atomic E-state index is 0.0136. The molecule has 0 aliphatic rings. The predicted octanol–water partition coefficient (Wildman–Crippen LogP) is 17.0. The van der Waals surface area contributed by atoms with Crippen LogP contribution in [0.15, 0.2) is 74.0 Å². The molecule has 5 heterocycles. The van der Waals surface area contributed by atoms with Crippen molar-refractivity contribution in [2.75, 3.05) is 37.9 Å². The average Bonchev–Trinajstić information content (AvgIpc) is 1.58. The number of aromatic amines is 1. The number of unbranched alkanes of at least 4 members (excludes halogenated alkanes) is 20. The van der Waals surface area contributed by atoms with E-state index in [4.69, 9.17) is 47.2 Å². The highest BCUT2D eigenvalue weighted by Crippen LogP contribution is 2.41. The van der Waals surface area contributed by atoms with Crippen LogP contribution in [0.25, 0.3) is 28.1 Å². The Hall–Kier alpha value is -10.2. The second kappa shape index (κ2) is 38.4. The van der Waals surface area contributed by atoms with Crippen molar-refractivity contribution >= 4 is 64.2 Å². The van der Waals surface area contributed by atoms with E-state index < -0.39 is 40.4 Å². The number of H-pyrrole nitrogens is 1. The Kier molecular flexibility index (Phi) is 29.7. The van der Waals surface area contributed by atoms with Gasteiger partial charge in [-0.3, -0.25) is 4.98 Å². The molecule has 540 valence electrons. The summed E-state index contributed by atoms with van der Waals surface area (Å²) in [4.78, 5) is 83.8. The topological polar surface area (TPSA) is 365 Å². The quantitative estimate of drug-likeness (QED) is 0.0106. The number of rotatable bonds is 40. The number of azo groups is 2. The Morgan fingerprint density at radius 3 is 1.25 bits per heavy atom. The molecule has 0 spiro atoms. The van der Waals surface area contributed by atoms with Gasteiger partial charge in [0.25, 0.3) is 11.6 Å². The normalized spacial score (nSPS) is 11.8. The molecule has 7 aromatic rings. The Morgan fingerprint density at radius 1 is 0.505 bits per heavy atom. The molecule has 0 aliphatic carbocycles. The van der Waals surface area contributed by atoms with Gasteiger partial charge in [-0.1, -0.05) is 198 Å². The number of hydrogen-bond donors (Lipinski definition) is 3. The molecule has 0 saturated carbocycles. The summed E-state index contributed by atoms with van der Waals surface area (Å²) in [5, 5.41) is 47.2. The minimum atomic E-state index is -0.915. The van der Waals surface area contributed by atoms with Gasteiger partial charge in [0, 0.05) is 10.8 Å². The van der Waals surface area contributed by atoms with Gasteiger partial charge in [0.2, 0.25) is 5.95 Å². The summed E-state index contributed by atoms with van der Waals surface area (Å²) in [7, 11) is 0. The number of anilines is 2. The maximum atomic E-state index is 13.8. The van der Waals surface area contributed by atoms with E-state index in [0.29, 0.717) is 25.7 Å². The molecule has 101 heavy (non-hydrogen) atoms. The number of nitrogens with zero attached hydrogens (tertiary/aromatic N) is 16. The van der Waals surface area contributed by atoms with Gasteiger partial charge < -0.3 is 30.4 Å². The molecule has 0 saturated heterocycles. The van der Waals surface area contributed by atoms with E-state index >= 15 is 0 Å². The van der Waals surface area contributed by atoms with Crippen LogP contribution < -0.4 is 17.2 Å². The van der Waals surface area contributed by atoms with Crippen molar-refractivity contribution in [3.8, 4) is 29.3 Å². The van der Waals surface area contributed by atoms with E-state index in [9.17, 15) is 29.2 Å². The number of nitrogen functional groups attached to an aromatic ring is 2. The summed E-state index contributed by atoms with van der Waals surface area (Å²) in [5.74, 6) is -3.76. The summed E-state index contributed by atoms with van der Waals surface area (Å²) in [6.07, 6.45) is 26.2. The Morgan fingerprint density at radius 2 is 0.861 bits per heavy atom. The second-order valence-corrected chi connectivity index (χ2v) is 27.1. The van der Waals surface area contributed by atoms with Crippen LogP contribution in [-0.4, -0.2) is 104 Å². The van der Waals surface area contributed by atoms with Crippen molar-refractivity contribution in [2.45, 2.75) is 234 Å². The minimum Gasteiger partial charge on any atom is -0.462 e. The molecule has 0 fully saturated rings. The molecule has 5 N–H and O–H groups in total. The number of nitrogens with one attached hydrogen (secondary N) is 1. The largest absolute Gasteiger partial charge is 0.462 e. The Bertz CT molecular complexity index is 3790. The molecule has 0 aliphatic heterocycles. The molecule has 0 unspecified atom stereocenters. The first kappa shape index (κ1) is 78.1. The van der Waals surface area contributed by atoms with E-state index in [1.165, 1.54) is 58.2 Å². The standard InChI is InChI=1S/C73H99N19O9/c1-12-16-20-24-28-32-36-98-65(93)49-40-50(66(94)99-37-33-29-25-21-17-13-2)43-54(42-49)89-63(53(46-74)47-78-89)85-83-57-59(72(5,6)7)87-91(61(57)75)69-80-70(82-71(97)81-69)92-62(76)58(60(88-92)73(8,9)10)84-86-64-56(77-11)48-79-90(64)55-44-51(67(95)100-38-34-30-26-22-18-14-3)41-52(45-55)68(96)101-39-35-31-27-23-19-15-4/h40-45,47-48H,12-39,75-76H2,1-10H3,(H,80,81,82,97). The number of nitriles is 1. The molecule has 0 bridgehead atoms. The summed E-state index contributed by atoms with van der Waals surface area (Å²) < 4.78 is 27.6. The highest BCUT2D eigenvalue weighted by Gasteiger charge is 2.32.